The number of rotatable bonds is 5. The molecule has 0 aliphatic carbocycles. The van der Waals surface area contributed by atoms with Crippen LogP contribution in [0.2, 0.25) is 0 Å². The van der Waals surface area contributed by atoms with E-state index in [9.17, 15) is 9.59 Å². The van der Waals surface area contributed by atoms with Gasteiger partial charge in [0.05, 0.1) is 11.7 Å². The summed E-state index contributed by atoms with van der Waals surface area (Å²) in [5.41, 5.74) is 7.27. The Labute approximate surface area is 145 Å². The smallest absolute Gasteiger partial charge is 0.271 e. The van der Waals surface area contributed by atoms with Crippen LogP contribution in [-0.2, 0) is 4.79 Å². The fourth-order valence-corrected chi connectivity index (χ4v) is 2.69. The van der Waals surface area contributed by atoms with Gasteiger partial charge in [-0.3, -0.25) is 9.59 Å². The third kappa shape index (κ3) is 3.58. The number of likely N-dealkylation sites (tertiary alicyclic amines) is 1. The minimum absolute atomic E-state index is 0.0567. The molecule has 2 aromatic rings. The number of pyridine rings is 1. The zero-order valence-corrected chi connectivity index (χ0v) is 13.9. The minimum Gasteiger partial charge on any atom is -0.364 e. The van der Waals surface area contributed by atoms with Crippen molar-refractivity contribution in [2.45, 2.75) is 6.04 Å². The van der Waals surface area contributed by atoms with E-state index in [-0.39, 0.29) is 17.5 Å². The Kier molecular flexibility index (Phi) is 4.90. The van der Waals surface area contributed by atoms with E-state index in [1.54, 1.807) is 35.5 Å². The van der Waals surface area contributed by atoms with Gasteiger partial charge < -0.3 is 20.5 Å². The van der Waals surface area contributed by atoms with Crippen molar-refractivity contribution < 1.29 is 4.79 Å². The molecule has 8 heteroatoms. The van der Waals surface area contributed by atoms with E-state index in [4.69, 9.17) is 5.73 Å². The summed E-state index contributed by atoms with van der Waals surface area (Å²) in [6.07, 6.45) is 7.87. The van der Waals surface area contributed by atoms with E-state index < -0.39 is 0 Å². The van der Waals surface area contributed by atoms with Crippen LogP contribution in [0.4, 0.5) is 5.69 Å². The van der Waals surface area contributed by atoms with Crippen LogP contribution >= 0.6 is 0 Å². The van der Waals surface area contributed by atoms with E-state index >= 15 is 0 Å². The van der Waals surface area contributed by atoms with Gasteiger partial charge in [0.1, 0.15) is 12.0 Å². The maximum Gasteiger partial charge on any atom is 0.271 e. The van der Waals surface area contributed by atoms with Gasteiger partial charge >= 0.3 is 0 Å². The molecule has 8 nitrogen and oxygen atoms in total. The molecule has 25 heavy (non-hydrogen) atoms. The summed E-state index contributed by atoms with van der Waals surface area (Å²) in [6.45, 7) is 1.48. The number of hydrogen-bond donors (Lipinski definition) is 2. The highest BCUT2D eigenvalue weighted by Gasteiger charge is 2.33. The molecule has 1 amide bonds. The first-order valence-electron chi connectivity index (χ1n) is 7.97. The summed E-state index contributed by atoms with van der Waals surface area (Å²) in [5, 5.41) is 0. The minimum atomic E-state index is -0.173. The van der Waals surface area contributed by atoms with Crippen LogP contribution in [0.1, 0.15) is 0 Å². The molecular formula is C17H20N6O2. The topological polar surface area (TPSA) is 108 Å². The highest BCUT2D eigenvalue weighted by molar-refractivity contribution is 5.88. The van der Waals surface area contributed by atoms with Gasteiger partial charge in [-0.2, -0.15) is 0 Å². The lowest BCUT2D eigenvalue weighted by Crippen LogP contribution is -2.60. The Morgan fingerprint density at radius 1 is 1.52 bits per heavy atom. The molecule has 130 valence electrons. The molecule has 0 atom stereocenters. The lowest BCUT2D eigenvalue weighted by molar-refractivity contribution is -0.130. The number of nitrogens with one attached hydrogen (secondary N) is 1. The first-order valence-corrected chi connectivity index (χ1v) is 7.97. The van der Waals surface area contributed by atoms with Crippen molar-refractivity contribution >= 4 is 11.6 Å². The maximum absolute atomic E-state index is 12.2. The molecule has 1 aliphatic heterocycles. The molecule has 0 unspecified atom stereocenters. The van der Waals surface area contributed by atoms with Gasteiger partial charge in [-0.15, -0.1) is 0 Å². The highest BCUT2D eigenvalue weighted by Crippen LogP contribution is 2.22. The zero-order valence-electron chi connectivity index (χ0n) is 13.9. The summed E-state index contributed by atoms with van der Waals surface area (Å²) < 4.78 is 0. The van der Waals surface area contributed by atoms with Gasteiger partial charge in [0.25, 0.3) is 5.56 Å². The summed E-state index contributed by atoms with van der Waals surface area (Å²) in [7, 11) is 1.86. The summed E-state index contributed by atoms with van der Waals surface area (Å²) in [5.74, 6) is -0.0567. The van der Waals surface area contributed by atoms with Gasteiger partial charge in [0, 0.05) is 50.7 Å². The lowest BCUT2D eigenvalue weighted by Gasteiger charge is -2.44. The molecule has 2 aromatic heterocycles. The number of H-pyrrole nitrogens is 1. The Hall–Kier alpha value is -3.00. The van der Waals surface area contributed by atoms with Gasteiger partial charge in [0.2, 0.25) is 5.91 Å². The maximum atomic E-state index is 12.2. The standard InChI is InChI=1S/C17H20N6O2/c1-22(13-9-23(10-13)16(24)3-2-5-18)15-7-12(8-20-17(15)25)14-4-6-19-11-21-14/h2-4,6-8,11,13H,5,9-10,18H2,1H3,(H,20,25)/b3-2+. The average molecular weight is 340 g/mol. The predicted molar refractivity (Wildman–Crippen MR) is 95.1 cm³/mol. The third-order valence-electron chi connectivity index (χ3n) is 4.26. The molecule has 1 saturated heterocycles. The first kappa shape index (κ1) is 16.8. The molecule has 0 aromatic carbocycles. The van der Waals surface area contributed by atoms with Crippen LogP contribution in [0.25, 0.3) is 11.3 Å². The average Bonchev–Trinajstić information content (AvgIpc) is 2.59. The van der Waals surface area contributed by atoms with Crippen LogP contribution in [0.3, 0.4) is 0 Å². The van der Waals surface area contributed by atoms with Crippen LogP contribution < -0.4 is 16.2 Å². The molecule has 1 fully saturated rings. The molecule has 0 bridgehead atoms. The van der Waals surface area contributed by atoms with E-state index in [2.05, 4.69) is 15.0 Å². The number of aromatic nitrogens is 3. The van der Waals surface area contributed by atoms with E-state index in [0.29, 0.717) is 25.3 Å². The van der Waals surface area contributed by atoms with E-state index in [0.717, 1.165) is 11.3 Å². The normalized spacial score (nSPS) is 14.6. The molecular weight excluding hydrogens is 320 g/mol. The number of hydrogen-bond acceptors (Lipinski definition) is 6. The zero-order chi connectivity index (χ0) is 17.8. The van der Waals surface area contributed by atoms with Crippen molar-refractivity contribution in [1.82, 2.24) is 19.9 Å². The summed E-state index contributed by atoms with van der Waals surface area (Å²) >= 11 is 0. The van der Waals surface area contributed by atoms with Crippen LogP contribution in [-0.4, -0.2) is 58.5 Å². The number of carbonyl (C=O) groups excluding carboxylic acids is 1. The number of nitrogens with zero attached hydrogens (tertiary/aromatic N) is 4. The van der Waals surface area contributed by atoms with Crippen molar-refractivity contribution in [3.05, 3.63) is 53.4 Å². The van der Waals surface area contributed by atoms with E-state index in [1.807, 2.05) is 11.9 Å². The Bertz CT molecular complexity index is 827. The van der Waals surface area contributed by atoms with Crippen LogP contribution in [0.5, 0.6) is 0 Å². The predicted octanol–water partition coefficient (Wildman–Crippen LogP) is -0.00620. The van der Waals surface area contributed by atoms with Gasteiger partial charge in [-0.1, -0.05) is 6.08 Å². The van der Waals surface area contributed by atoms with Crippen molar-refractivity contribution in [2.75, 3.05) is 31.6 Å². The number of aromatic amines is 1. The molecule has 1 aliphatic rings. The largest absolute Gasteiger partial charge is 0.364 e. The van der Waals surface area contributed by atoms with Gasteiger partial charge in [-0.05, 0) is 12.1 Å². The molecule has 3 N–H and O–H groups in total. The quantitative estimate of drug-likeness (QED) is 0.742. The van der Waals surface area contributed by atoms with Gasteiger partial charge in [0.15, 0.2) is 0 Å². The Morgan fingerprint density at radius 3 is 3.00 bits per heavy atom. The molecule has 3 heterocycles. The molecule has 0 spiro atoms. The van der Waals surface area contributed by atoms with Crippen LogP contribution in [0.15, 0.2) is 47.8 Å². The SMILES string of the molecule is CN(c1cc(-c2ccncn2)c[nH]c1=O)C1CN(C(=O)/C=C/CN)C1. The van der Waals surface area contributed by atoms with Crippen molar-refractivity contribution in [2.24, 2.45) is 5.73 Å². The number of likely N-dealkylation sites (N-methyl/N-ethyl adjacent to an activating group) is 1. The second kappa shape index (κ2) is 7.27. The molecule has 3 rings (SSSR count). The monoisotopic (exact) mass is 340 g/mol. The van der Waals surface area contributed by atoms with Crippen molar-refractivity contribution in [1.29, 1.82) is 0 Å². The van der Waals surface area contributed by atoms with Crippen molar-refractivity contribution in [3.8, 4) is 11.3 Å². The van der Waals surface area contributed by atoms with Gasteiger partial charge in [-0.25, -0.2) is 9.97 Å². The Balaban J connectivity index is 1.73. The second-order valence-corrected chi connectivity index (χ2v) is 5.84. The molecule has 0 saturated carbocycles. The second-order valence-electron chi connectivity index (χ2n) is 5.84. The fraction of sp³-hybridized carbons (Fsp3) is 0.294. The number of amides is 1. The fourth-order valence-electron chi connectivity index (χ4n) is 2.69. The molecule has 0 radical (unpaired) electrons. The first-order chi connectivity index (χ1) is 12.1. The summed E-state index contributed by atoms with van der Waals surface area (Å²) in [4.78, 5) is 38.6. The highest BCUT2D eigenvalue weighted by atomic mass is 16.2. The van der Waals surface area contributed by atoms with Crippen molar-refractivity contribution in [3.63, 3.8) is 0 Å². The number of nitrogens with two attached hydrogens (primary N) is 1. The number of anilines is 1. The van der Waals surface area contributed by atoms with E-state index in [1.165, 1.54) is 12.4 Å². The number of carbonyl (C=O) groups is 1. The summed E-state index contributed by atoms with van der Waals surface area (Å²) in [6, 6.07) is 3.68. The Morgan fingerprint density at radius 2 is 2.32 bits per heavy atom. The third-order valence-corrected chi connectivity index (χ3v) is 4.26. The lowest BCUT2D eigenvalue weighted by atomic mass is 10.1. The van der Waals surface area contributed by atoms with Crippen LogP contribution in [0, 0.1) is 0 Å².